The number of amides is 1. The van der Waals surface area contributed by atoms with Gasteiger partial charge in [-0.2, -0.15) is 0 Å². The molecule has 0 unspecified atom stereocenters. The number of benzene rings is 1. The Labute approximate surface area is 171 Å². The van der Waals surface area contributed by atoms with Crippen LogP contribution in [0.1, 0.15) is 57.3 Å². The number of para-hydroxylation sites is 1. The van der Waals surface area contributed by atoms with Gasteiger partial charge in [-0.3, -0.25) is 4.79 Å². The van der Waals surface area contributed by atoms with Gasteiger partial charge in [0.1, 0.15) is 16.1 Å². The standard InChI is InChI=1S/C22H21NO5S/c1-2-11-27-22(26)18-14-8-4-6-10-17(14)29-20(18)23-19(24)15-12-13-7-3-5-9-16(13)28-21(15)25/h3,5,7,9,12H,2,4,6,8,10-11H2,1H3,(H,23,24). The van der Waals surface area contributed by atoms with Crippen LogP contribution in [-0.2, 0) is 17.6 Å². The van der Waals surface area contributed by atoms with E-state index in [1.807, 2.05) is 6.92 Å². The second-order valence-electron chi connectivity index (χ2n) is 6.99. The van der Waals surface area contributed by atoms with Crippen molar-refractivity contribution in [2.45, 2.75) is 39.0 Å². The van der Waals surface area contributed by atoms with Gasteiger partial charge >= 0.3 is 11.6 Å². The molecule has 1 aliphatic carbocycles. The smallest absolute Gasteiger partial charge is 0.349 e. The fourth-order valence-electron chi connectivity index (χ4n) is 3.53. The minimum atomic E-state index is -0.711. The average molecular weight is 411 g/mol. The van der Waals surface area contributed by atoms with Crippen LogP contribution in [0.25, 0.3) is 11.0 Å². The Morgan fingerprint density at radius 3 is 2.83 bits per heavy atom. The summed E-state index contributed by atoms with van der Waals surface area (Å²) < 4.78 is 10.6. The zero-order valence-corrected chi connectivity index (χ0v) is 16.9. The molecular weight excluding hydrogens is 390 g/mol. The summed E-state index contributed by atoms with van der Waals surface area (Å²) in [4.78, 5) is 38.9. The van der Waals surface area contributed by atoms with E-state index in [-0.39, 0.29) is 5.56 Å². The van der Waals surface area contributed by atoms with Gasteiger partial charge in [0.15, 0.2) is 0 Å². The topological polar surface area (TPSA) is 85.6 Å². The molecule has 0 bridgehead atoms. The molecule has 3 aromatic rings. The van der Waals surface area contributed by atoms with Crippen molar-refractivity contribution in [3.8, 4) is 0 Å². The average Bonchev–Trinajstić information content (AvgIpc) is 3.09. The van der Waals surface area contributed by atoms with Gasteiger partial charge in [0.25, 0.3) is 5.91 Å². The second-order valence-corrected chi connectivity index (χ2v) is 8.10. The van der Waals surface area contributed by atoms with Crippen molar-refractivity contribution in [3.05, 3.63) is 62.3 Å². The van der Waals surface area contributed by atoms with Gasteiger partial charge in [-0.25, -0.2) is 9.59 Å². The largest absolute Gasteiger partial charge is 0.462 e. The number of carbonyl (C=O) groups is 2. The van der Waals surface area contributed by atoms with Crippen molar-refractivity contribution < 1.29 is 18.7 Å². The van der Waals surface area contributed by atoms with Crippen LogP contribution in [0, 0.1) is 0 Å². The van der Waals surface area contributed by atoms with Crippen LogP contribution >= 0.6 is 11.3 Å². The fraction of sp³-hybridized carbons (Fsp3) is 0.318. The van der Waals surface area contributed by atoms with E-state index >= 15 is 0 Å². The molecule has 0 saturated heterocycles. The number of rotatable bonds is 5. The highest BCUT2D eigenvalue weighted by Crippen LogP contribution is 2.38. The molecular formula is C22H21NO5S. The Morgan fingerprint density at radius 1 is 1.21 bits per heavy atom. The minimum Gasteiger partial charge on any atom is -0.462 e. The predicted octanol–water partition coefficient (Wildman–Crippen LogP) is 4.55. The number of carbonyl (C=O) groups excluding carboxylic acids is 2. The lowest BCUT2D eigenvalue weighted by atomic mass is 9.95. The van der Waals surface area contributed by atoms with Gasteiger partial charge in [0.05, 0.1) is 12.2 Å². The summed E-state index contributed by atoms with van der Waals surface area (Å²) in [5.41, 5.74) is 1.00. The zero-order valence-electron chi connectivity index (χ0n) is 16.1. The first-order chi connectivity index (χ1) is 14.1. The van der Waals surface area contributed by atoms with Crippen molar-refractivity contribution in [1.82, 2.24) is 0 Å². The molecule has 4 rings (SSSR count). The number of aryl methyl sites for hydroxylation is 1. The van der Waals surface area contributed by atoms with Crippen molar-refractivity contribution in [3.63, 3.8) is 0 Å². The molecule has 0 radical (unpaired) electrons. The molecule has 0 aliphatic heterocycles. The molecule has 6 nitrogen and oxygen atoms in total. The summed E-state index contributed by atoms with van der Waals surface area (Å²) in [6.07, 6.45) is 4.44. The molecule has 0 spiro atoms. The number of anilines is 1. The highest BCUT2D eigenvalue weighted by atomic mass is 32.1. The summed E-state index contributed by atoms with van der Waals surface area (Å²) in [6, 6.07) is 8.52. The van der Waals surface area contributed by atoms with E-state index in [1.165, 1.54) is 17.4 Å². The van der Waals surface area contributed by atoms with Crippen molar-refractivity contribution in [1.29, 1.82) is 0 Å². The molecule has 1 N–H and O–H groups in total. The Kier molecular flexibility index (Phi) is 5.49. The van der Waals surface area contributed by atoms with E-state index in [1.54, 1.807) is 24.3 Å². The third kappa shape index (κ3) is 3.82. The van der Waals surface area contributed by atoms with Crippen molar-refractivity contribution in [2.24, 2.45) is 0 Å². The van der Waals surface area contributed by atoms with Crippen LogP contribution in [0.2, 0.25) is 0 Å². The third-order valence-corrected chi connectivity index (χ3v) is 6.13. The van der Waals surface area contributed by atoms with E-state index in [2.05, 4.69) is 5.32 Å². The fourth-order valence-corrected chi connectivity index (χ4v) is 4.80. The van der Waals surface area contributed by atoms with Gasteiger partial charge in [-0.1, -0.05) is 25.1 Å². The number of ether oxygens (including phenoxy) is 1. The maximum Gasteiger partial charge on any atom is 0.349 e. The van der Waals surface area contributed by atoms with Gasteiger partial charge in [0.2, 0.25) is 0 Å². The molecule has 1 aromatic carbocycles. The lowest BCUT2D eigenvalue weighted by Gasteiger charge is -2.12. The molecule has 150 valence electrons. The molecule has 0 saturated carbocycles. The quantitative estimate of drug-likeness (QED) is 0.492. The van der Waals surface area contributed by atoms with Crippen LogP contribution in [0.15, 0.2) is 39.5 Å². The summed E-state index contributed by atoms with van der Waals surface area (Å²) in [5.74, 6) is -1.01. The van der Waals surface area contributed by atoms with Crippen LogP contribution < -0.4 is 10.9 Å². The van der Waals surface area contributed by atoms with Crippen molar-refractivity contribution >= 4 is 39.2 Å². The molecule has 7 heteroatoms. The summed E-state index contributed by atoms with van der Waals surface area (Å²) in [7, 11) is 0. The van der Waals surface area contributed by atoms with Crippen LogP contribution in [0.4, 0.5) is 5.00 Å². The Balaban J connectivity index is 1.69. The highest BCUT2D eigenvalue weighted by Gasteiger charge is 2.28. The van der Waals surface area contributed by atoms with Crippen molar-refractivity contribution in [2.75, 3.05) is 11.9 Å². The first-order valence-electron chi connectivity index (χ1n) is 9.74. The normalized spacial score (nSPS) is 13.1. The van der Waals surface area contributed by atoms with Gasteiger partial charge in [0, 0.05) is 10.3 Å². The Bertz CT molecular complexity index is 1140. The first kappa shape index (κ1) is 19.4. The summed E-state index contributed by atoms with van der Waals surface area (Å²) in [6.45, 7) is 2.25. The minimum absolute atomic E-state index is 0.0945. The van der Waals surface area contributed by atoms with E-state index in [4.69, 9.17) is 9.15 Å². The van der Waals surface area contributed by atoms with E-state index in [0.717, 1.165) is 42.5 Å². The second kappa shape index (κ2) is 8.21. The molecule has 1 amide bonds. The molecule has 0 atom stereocenters. The number of hydrogen-bond acceptors (Lipinski definition) is 6. The molecule has 0 fully saturated rings. The number of hydrogen-bond donors (Lipinski definition) is 1. The zero-order chi connectivity index (χ0) is 20.4. The predicted molar refractivity (Wildman–Crippen MR) is 112 cm³/mol. The molecule has 1 aliphatic rings. The number of thiophene rings is 1. The van der Waals surface area contributed by atoms with Gasteiger partial charge in [-0.15, -0.1) is 11.3 Å². The van der Waals surface area contributed by atoms with Crippen LogP contribution in [0.3, 0.4) is 0 Å². The lowest BCUT2D eigenvalue weighted by Crippen LogP contribution is -2.21. The molecule has 29 heavy (non-hydrogen) atoms. The number of esters is 1. The van der Waals surface area contributed by atoms with E-state index in [0.29, 0.717) is 28.1 Å². The first-order valence-corrected chi connectivity index (χ1v) is 10.6. The third-order valence-electron chi connectivity index (χ3n) is 4.93. The molecule has 2 heterocycles. The Morgan fingerprint density at radius 2 is 2.00 bits per heavy atom. The highest BCUT2D eigenvalue weighted by molar-refractivity contribution is 7.17. The van der Waals surface area contributed by atoms with Crippen LogP contribution in [-0.4, -0.2) is 18.5 Å². The van der Waals surface area contributed by atoms with Gasteiger partial charge < -0.3 is 14.5 Å². The lowest BCUT2D eigenvalue weighted by molar-refractivity contribution is 0.0505. The van der Waals surface area contributed by atoms with Crippen LogP contribution in [0.5, 0.6) is 0 Å². The SMILES string of the molecule is CCCOC(=O)c1c(NC(=O)c2cc3ccccc3oc2=O)sc2c1CCCC2. The number of nitrogens with one attached hydrogen (secondary N) is 1. The summed E-state index contributed by atoms with van der Waals surface area (Å²) in [5, 5.41) is 3.86. The van der Waals surface area contributed by atoms with E-state index in [9.17, 15) is 14.4 Å². The monoisotopic (exact) mass is 411 g/mol. The summed E-state index contributed by atoms with van der Waals surface area (Å²) >= 11 is 1.39. The maximum atomic E-state index is 12.9. The van der Waals surface area contributed by atoms with E-state index < -0.39 is 17.5 Å². The Hall–Kier alpha value is -2.93. The van der Waals surface area contributed by atoms with Gasteiger partial charge in [-0.05, 0) is 49.8 Å². The number of fused-ring (bicyclic) bond motifs is 2. The maximum absolute atomic E-state index is 12.9. The molecule has 2 aromatic heterocycles.